The van der Waals surface area contributed by atoms with Gasteiger partial charge in [-0.2, -0.15) is 0 Å². The summed E-state index contributed by atoms with van der Waals surface area (Å²) in [6.45, 7) is 1.22. The first-order valence-corrected chi connectivity index (χ1v) is 6.26. The zero-order chi connectivity index (χ0) is 13.9. The van der Waals surface area contributed by atoms with E-state index in [4.69, 9.17) is 9.47 Å². The molecule has 0 saturated carbocycles. The third-order valence-corrected chi connectivity index (χ3v) is 3.71. The molecule has 104 valence electrons. The second-order valence-electron chi connectivity index (χ2n) is 4.87. The monoisotopic (exact) mass is 265 g/mol. The SMILES string of the molecule is COc1ccc(OC)c(CC2(C(=O)O)CCNC2)c1. The Morgan fingerprint density at radius 1 is 1.42 bits per heavy atom. The molecule has 5 heteroatoms. The first kappa shape index (κ1) is 13.7. The number of benzene rings is 1. The van der Waals surface area contributed by atoms with Gasteiger partial charge in [-0.05, 0) is 43.1 Å². The number of carboxylic acids is 1. The van der Waals surface area contributed by atoms with Crippen LogP contribution in [0.15, 0.2) is 18.2 Å². The van der Waals surface area contributed by atoms with Crippen LogP contribution in [-0.2, 0) is 11.2 Å². The smallest absolute Gasteiger partial charge is 0.311 e. The minimum Gasteiger partial charge on any atom is -0.497 e. The van der Waals surface area contributed by atoms with Crippen LogP contribution in [0.25, 0.3) is 0 Å². The lowest BCUT2D eigenvalue weighted by molar-refractivity contribution is -0.147. The van der Waals surface area contributed by atoms with Gasteiger partial charge in [-0.15, -0.1) is 0 Å². The van der Waals surface area contributed by atoms with E-state index in [0.717, 1.165) is 12.1 Å². The van der Waals surface area contributed by atoms with Crippen LogP contribution in [0.5, 0.6) is 11.5 Å². The molecule has 1 heterocycles. The average Bonchev–Trinajstić information content (AvgIpc) is 2.88. The van der Waals surface area contributed by atoms with E-state index < -0.39 is 11.4 Å². The van der Waals surface area contributed by atoms with Gasteiger partial charge in [0, 0.05) is 6.54 Å². The third kappa shape index (κ3) is 2.66. The van der Waals surface area contributed by atoms with Crippen molar-refractivity contribution in [2.45, 2.75) is 12.8 Å². The van der Waals surface area contributed by atoms with Crippen LogP contribution in [0, 0.1) is 5.41 Å². The minimum absolute atomic E-state index is 0.440. The highest BCUT2D eigenvalue weighted by Gasteiger charge is 2.42. The topological polar surface area (TPSA) is 67.8 Å². The number of hydrogen-bond donors (Lipinski definition) is 2. The lowest BCUT2D eigenvalue weighted by atomic mass is 9.80. The molecule has 1 aromatic rings. The Labute approximate surface area is 112 Å². The molecule has 0 aromatic heterocycles. The fraction of sp³-hybridized carbons (Fsp3) is 0.500. The Kier molecular flexibility index (Phi) is 3.95. The predicted molar refractivity (Wildman–Crippen MR) is 70.8 cm³/mol. The van der Waals surface area contributed by atoms with Gasteiger partial charge in [0.1, 0.15) is 11.5 Å². The molecule has 1 aliphatic rings. The van der Waals surface area contributed by atoms with Crippen molar-refractivity contribution in [3.63, 3.8) is 0 Å². The number of methoxy groups -OCH3 is 2. The van der Waals surface area contributed by atoms with Crippen LogP contribution in [-0.4, -0.2) is 38.4 Å². The van der Waals surface area contributed by atoms with Crippen molar-refractivity contribution in [3.8, 4) is 11.5 Å². The number of nitrogens with one attached hydrogen (secondary N) is 1. The second-order valence-corrected chi connectivity index (χ2v) is 4.87. The quantitative estimate of drug-likeness (QED) is 0.840. The zero-order valence-electron chi connectivity index (χ0n) is 11.2. The Morgan fingerprint density at radius 2 is 2.21 bits per heavy atom. The van der Waals surface area contributed by atoms with E-state index in [1.54, 1.807) is 14.2 Å². The molecule has 1 aliphatic heterocycles. The van der Waals surface area contributed by atoms with E-state index in [9.17, 15) is 9.90 Å². The van der Waals surface area contributed by atoms with Gasteiger partial charge in [-0.3, -0.25) is 4.79 Å². The molecule has 0 spiro atoms. The van der Waals surface area contributed by atoms with E-state index in [1.165, 1.54) is 0 Å². The molecule has 5 nitrogen and oxygen atoms in total. The van der Waals surface area contributed by atoms with Gasteiger partial charge in [0.25, 0.3) is 0 Å². The van der Waals surface area contributed by atoms with Gasteiger partial charge in [-0.1, -0.05) is 0 Å². The van der Waals surface area contributed by atoms with Crippen molar-refractivity contribution < 1.29 is 19.4 Å². The van der Waals surface area contributed by atoms with Gasteiger partial charge in [0.15, 0.2) is 0 Å². The summed E-state index contributed by atoms with van der Waals surface area (Å²) in [4.78, 5) is 11.6. The molecule has 0 amide bonds. The summed E-state index contributed by atoms with van der Waals surface area (Å²) >= 11 is 0. The molecule has 0 radical (unpaired) electrons. The number of carbonyl (C=O) groups is 1. The van der Waals surface area contributed by atoms with E-state index in [2.05, 4.69) is 5.32 Å². The van der Waals surface area contributed by atoms with Gasteiger partial charge in [0.2, 0.25) is 0 Å². The summed E-state index contributed by atoms with van der Waals surface area (Å²) in [6, 6.07) is 5.47. The average molecular weight is 265 g/mol. The standard InChI is InChI=1S/C14H19NO4/c1-18-11-3-4-12(19-2)10(7-11)8-14(13(16)17)5-6-15-9-14/h3-4,7,15H,5-6,8-9H2,1-2H3,(H,16,17). The Bertz CT molecular complexity index is 467. The molecule has 0 aliphatic carbocycles. The fourth-order valence-electron chi connectivity index (χ4n) is 2.54. The summed E-state index contributed by atoms with van der Waals surface area (Å²) in [5, 5.41) is 12.6. The van der Waals surface area contributed by atoms with E-state index in [-0.39, 0.29) is 0 Å². The molecule has 1 aromatic carbocycles. The number of aliphatic carboxylic acids is 1. The maximum absolute atomic E-state index is 11.6. The summed E-state index contributed by atoms with van der Waals surface area (Å²) in [5.41, 5.74) is 0.118. The van der Waals surface area contributed by atoms with Crippen LogP contribution in [0.1, 0.15) is 12.0 Å². The van der Waals surface area contributed by atoms with Crippen molar-refractivity contribution >= 4 is 5.97 Å². The van der Waals surface area contributed by atoms with Gasteiger partial charge in [0.05, 0.1) is 19.6 Å². The summed E-state index contributed by atoms with van der Waals surface area (Å²) < 4.78 is 10.5. The van der Waals surface area contributed by atoms with Crippen molar-refractivity contribution in [2.75, 3.05) is 27.3 Å². The lowest BCUT2D eigenvalue weighted by Crippen LogP contribution is -2.35. The van der Waals surface area contributed by atoms with Crippen molar-refractivity contribution in [3.05, 3.63) is 23.8 Å². The van der Waals surface area contributed by atoms with Crippen molar-refractivity contribution in [2.24, 2.45) is 5.41 Å². The maximum atomic E-state index is 11.6. The molecule has 2 N–H and O–H groups in total. The number of ether oxygens (including phenoxy) is 2. The Balaban J connectivity index is 2.32. The number of hydrogen-bond acceptors (Lipinski definition) is 4. The zero-order valence-corrected chi connectivity index (χ0v) is 11.2. The third-order valence-electron chi connectivity index (χ3n) is 3.71. The number of rotatable bonds is 5. The second kappa shape index (κ2) is 5.48. The highest BCUT2D eigenvalue weighted by atomic mass is 16.5. The van der Waals surface area contributed by atoms with Gasteiger partial charge >= 0.3 is 5.97 Å². The van der Waals surface area contributed by atoms with Gasteiger partial charge < -0.3 is 19.9 Å². The van der Waals surface area contributed by atoms with Crippen LogP contribution in [0.4, 0.5) is 0 Å². The van der Waals surface area contributed by atoms with Crippen LogP contribution >= 0.6 is 0 Å². The predicted octanol–water partition coefficient (Wildman–Crippen LogP) is 1.31. The molecule has 2 rings (SSSR count). The first-order valence-electron chi connectivity index (χ1n) is 6.26. The van der Waals surface area contributed by atoms with Crippen molar-refractivity contribution in [1.29, 1.82) is 0 Å². The molecular formula is C14H19NO4. The molecule has 1 atom stereocenters. The normalized spacial score (nSPS) is 22.2. The van der Waals surface area contributed by atoms with Gasteiger partial charge in [-0.25, -0.2) is 0 Å². The molecular weight excluding hydrogens is 246 g/mol. The molecule has 19 heavy (non-hydrogen) atoms. The number of carboxylic acid groups (broad SMARTS) is 1. The van der Waals surface area contributed by atoms with E-state index in [0.29, 0.717) is 30.9 Å². The fourth-order valence-corrected chi connectivity index (χ4v) is 2.54. The van der Waals surface area contributed by atoms with E-state index >= 15 is 0 Å². The van der Waals surface area contributed by atoms with Crippen LogP contribution in [0.2, 0.25) is 0 Å². The Hall–Kier alpha value is -1.75. The molecule has 0 bridgehead atoms. The minimum atomic E-state index is -0.762. The summed E-state index contributed by atoms with van der Waals surface area (Å²) in [6.07, 6.45) is 1.07. The molecule has 1 unspecified atom stereocenters. The first-order chi connectivity index (χ1) is 9.11. The summed E-state index contributed by atoms with van der Waals surface area (Å²) in [7, 11) is 3.18. The molecule has 1 saturated heterocycles. The lowest BCUT2D eigenvalue weighted by Gasteiger charge is -2.24. The summed E-state index contributed by atoms with van der Waals surface area (Å²) in [5.74, 6) is 0.651. The van der Waals surface area contributed by atoms with Crippen LogP contribution < -0.4 is 14.8 Å². The maximum Gasteiger partial charge on any atom is 0.311 e. The highest BCUT2D eigenvalue weighted by molar-refractivity contribution is 5.76. The van der Waals surface area contributed by atoms with Crippen LogP contribution in [0.3, 0.4) is 0 Å². The van der Waals surface area contributed by atoms with E-state index in [1.807, 2.05) is 18.2 Å². The highest BCUT2D eigenvalue weighted by Crippen LogP contribution is 2.35. The molecule has 1 fully saturated rings. The Morgan fingerprint density at radius 3 is 2.74 bits per heavy atom. The largest absolute Gasteiger partial charge is 0.497 e. The van der Waals surface area contributed by atoms with Crippen molar-refractivity contribution in [1.82, 2.24) is 5.32 Å².